The molecule has 0 fully saturated rings. The number of rotatable bonds is 6. The summed E-state index contributed by atoms with van der Waals surface area (Å²) in [6.45, 7) is 5.96. The normalized spacial score (nSPS) is 10.8. The highest BCUT2D eigenvalue weighted by molar-refractivity contribution is 5.94. The van der Waals surface area contributed by atoms with Crippen LogP contribution < -0.4 is 10.1 Å². The van der Waals surface area contributed by atoms with E-state index in [1.54, 1.807) is 12.1 Å². The fourth-order valence-corrected chi connectivity index (χ4v) is 2.48. The molecule has 26 heavy (non-hydrogen) atoms. The van der Waals surface area contributed by atoms with Crippen molar-refractivity contribution >= 4 is 5.91 Å². The molecule has 0 bridgehead atoms. The van der Waals surface area contributed by atoms with E-state index in [1.165, 1.54) is 6.20 Å². The molecule has 0 radical (unpaired) electrons. The Morgan fingerprint density at radius 2 is 1.96 bits per heavy atom. The van der Waals surface area contributed by atoms with Gasteiger partial charge in [0.1, 0.15) is 18.1 Å². The number of carbonyl (C=O) groups excluding carboxylic acids is 1. The molecule has 0 atom stereocenters. The first-order valence-corrected chi connectivity index (χ1v) is 8.45. The maximum absolute atomic E-state index is 11.9. The van der Waals surface area contributed by atoms with Gasteiger partial charge in [0.25, 0.3) is 5.91 Å². The van der Waals surface area contributed by atoms with Crippen LogP contribution in [-0.4, -0.2) is 22.1 Å². The third kappa shape index (κ3) is 4.08. The molecule has 134 valence electrons. The molecular weight excluding hydrogens is 330 g/mol. The number of amides is 1. The van der Waals surface area contributed by atoms with E-state index in [-0.39, 0.29) is 18.6 Å². The Morgan fingerprint density at radius 1 is 1.19 bits per heavy atom. The van der Waals surface area contributed by atoms with E-state index in [2.05, 4.69) is 15.5 Å². The average Bonchev–Trinajstić information content (AvgIpc) is 3.01. The van der Waals surface area contributed by atoms with Crippen LogP contribution in [0.1, 0.15) is 35.5 Å². The Hall–Kier alpha value is -3.15. The minimum absolute atomic E-state index is 0.0754. The monoisotopic (exact) mass is 351 g/mol. The molecule has 0 saturated heterocycles. The topological polar surface area (TPSA) is 77.2 Å². The predicted octanol–water partition coefficient (Wildman–Crippen LogP) is 3.76. The first-order chi connectivity index (χ1) is 12.5. The summed E-state index contributed by atoms with van der Waals surface area (Å²) in [6.07, 6.45) is 1.51. The molecule has 3 rings (SSSR count). The zero-order valence-corrected chi connectivity index (χ0v) is 15.0. The van der Waals surface area contributed by atoms with Crippen molar-refractivity contribution in [1.29, 1.82) is 0 Å². The summed E-state index contributed by atoms with van der Waals surface area (Å²) in [4.78, 5) is 16.1. The largest absolute Gasteiger partial charge is 0.473 e. The van der Waals surface area contributed by atoms with E-state index < -0.39 is 0 Å². The molecule has 0 saturated carbocycles. The summed E-state index contributed by atoms with van der Waals surface area (Å²) in [5.74, 6) is 0.989. The lowest BCUT2D eigenvalue weighted by atomic mass is 10.1. The first kappa shape index (κ1) is 17.7. The number of carbonyl (C=O) groups is 1. The number of hydrogen-bond acceptors (Lipinski definition) is 5. The molecule has 0 aliphatic rings. The molecule has 2 aromatic heterocycles. The van der Waals surface area contributed by atoms with Crippen LogP contribution in [0.15, 0.2) is 53.2 Å². The van der Waals surface area contributed by atoms with Crippen molar-refractivity contribution < 1.29 is 14.1 Å². The summed E-state index contributed by atoms with van der Waals surface area (Å²) < 4.78 is 11.1. The van der Waals surface area contributed by atoms with Crippen molar-refractivity contribution in [2.75, 3.05) is 0 Å². The third-order valence-corrected chi connectivity index (χ3v) is 3.81. The molecule has 0 unspecified atom stereocenters. The predicted molar refractivity (Wildman–Crippen MR) is 97.8 cm³/mol. The second-order valence-corrected chi connectivity index (χ2v) is 6.23. The molecule has 2 heterocycles. The van der Waals surface area contributed by atoms with Gasteiger partial charge in [-0.15, -0.1) is 0 Å². The lowest BCUT2D eigenvalue weighted by molar-refractivity contribution is 0.0942. The Morgan fingerprint density at radius 3 is 2.62 bits per heavy atom. The van der Waals surface area contributed by atoms with Gasteiger partial charge in [0.15, 0.2) is 0 Å². The summed E-state index contributed by atoms with van der Waals surface area (Å²) >= 11 is 0. The van der Waals surface area contributed by atoms with E-state index in [9.17, 15) is 4.79 Å². The SMILES string of the molecule is Cc1onc(-c2ccccc2)c1COc1ccc(C(=O)NC(C)C)cn1. The average molecular weight is 351 g/mol. The molecule has 3 aromatic rings. The number of nitrogens with one attached hydrogen (secondary N) is 1. The number of hydrogen-bond donors (Lipinski definition) is 1. The molecule has 0 aliphatic heterocycles. The highest BCUT2D eigenvalue weighted by atomic mass is 16.5. The van der Waals surface area contributed by atoms with Crippen LogP contribution in [0.5, 0.6) is 5.88 Å². The summed E-state index contributed by atoms with van der Waals surface area (Å²) in [5.41, 5.74) is 3.10. The van der Waals surface area contributed by atoms with Crippen LogP contribution in [-0.2, 0) is 6.61 Å². The van der Waals surface area contributed by atoms with Crippen molar-refractivity contribution in [3.8, 4) is 17.1 Å². The van der Waals surface area contributed by atoms with Crippen molar-refractivity contribution in [2.45, 2.75) is 33.4 Å². The molecule has 1 N–H and O–H groups in total. The Balaban J connectivity index is 1.70. The van der Waals surface area contributed by atoms with Gasteiger partial charge < -0.3 is 14.6 Å². The molecule has 6 nitrogen and oxygen atoms in total. The maximum Gasteiger partial charge on any atom is 0.253 e. The van der Waals surface area contributed by atoms with Crippen LogP contribution >= 0.6 is 0 Å². The van der Waals surface area contributed by atoms with Crippen molar-refractivity contribution in [3.05, 3.63) is 65.5 Å². The highest BCUT2D eigenvalue weighted by Gasteiger charge is 2.15. The number of benzene rings is 1. The van der Waals surface area contributed by atoms with Gasteiger partial charge in [0.2, 0.25) is 5.88 Å². The smallest absolute Gasteiger partial charge is 0.253 e. The lowest BCUT2D eigenvalue weighted by Crippen LogP contribution is -2.30. The van der Waals surface area contributed by atoms with Crippen LogP contribution in [0.2, 0.25) is 0 Å². The van der Waals surface area contributed by atoms with Crippen LogP contribution in [0.4, 0.5) is 0 Å². The quantitative estimate of drug-likeness (QED) is 0.731. The van der Waals surface area contributed by atoms with Gasteiger partial charge >= 0.3 is 0 Å². The zero-order chi connectivity index (χ0) is 18.5. The molecular formula is C20H21N3O3. The number of aromatic nitrogens is 2. The van der Waals surface area contributed by atoms with Gasteiger partial charge in [-0.05, 0) is 26.8 Å². The first-order valence-electron chi connectivity index (χ1n) is 8.45. The summed E-state index contributed by atoms with van der Waals surface area (Å²) in [5, 5.41) is 6.96. The summed E-state index contributed by atoms with van der Waals surface area (Å²) in [6, 6.07) is 13.2. The number of aryl methyl sites for hydroxylation is 1. The van der Waals surface area contributed by atoms with Gasteiger partial charge in [-0.25, -0.2) is 4.98 Å². The third-order valence-electron chi connectivity index (χ3n) is 3.81. The van der Waals surface area contributed by atoms with Gasteiger partial charge in [-0.2, -0.15) is 0 Å². The van der Waals surface area contributed by atoms with Crippen molar-refractivity contribution in [3.63, 3.8) is 0 Å². The van der Waals surface area contributed by atoms with Gasteiger partial charge in [-0.1, -0.05) is 35.5 Å². The van der Waals surface area contributed by atoms with Gasteiger partial charge in [0.05, 0.1) is 11.1 Å². The van der Waals surface area contributed by atoms with E-state index in [0.717, 1.165) is 16.8 Å². The van der Waals surface area contributed by atoms with E-state index in [1.807, 2.05) is 51.1 Å². The molecule has 0 spiro atoms. The fourth-order valence-electron chi connectivity index (χ4n) is 2.48. The number of nitrogens with zero attached hydrogens (tertiary/aromatic N) is 2. The molecule has 0 aliphatic carbocycles. The Kier molecular flexibility index (Phi) is 5.31. The number of pyridine rings is 1. The minimum Gasteiger partial charge on any atom is -0.473 e. The Labute approximate surface area is 152 Å². The van der Waals surface area contributed by atoms with Crippen molar-refractivity contribution in [2.24, 2.45) is 0 Å². The van der Waals surface area contributed by atoms with Crippen LogP contribution in [0.3, 0.4) is 0 Å². The van der Waals surface area contributed by atoms with E-state index >= 15 is 0 Å². The minimum atomic E-state index is -0.153. The Bertz CT molecular complexity index is 871. The van der Waals surface area contributed by atoms with Crippen molar-refractivity contribution in [1.82, 2.24) is 15.5 Å². The maximum atomic E-state index is 11.9. The van der Waals surface area contributed by atoms with Crippen LogP contribution in [0, 0.1) is 6.92 Å². The van der Waals surface area contributed by atoms with E-state index in [0.29, 0.717) is 17.2 Å². The van der Waals surface area contributed by atoms with Gasteiger partial charge in [-0.3, -0.25) is 4.79 Å². The molecule has 1 amide bonds. The zero-order valence-electron chi connectivity index (χ0n) is 15.0. The fraction of sp³-hybridized carbons (Fsp3) is 0.250. The van der Waals surface area contributed by atoms with Crippen LogP contribution in [0.25, 0.3) is 11.3 Å². The molecule has 1 aromatic carbocycles. The standard InChI is InChI=1S/C20H21N3O3/c1-13(2)22-20(24)16-9-10-18(21-11-16)25-12-17-14(3)26-23-19(17)15-7-5-4-6-8-15/h4-11,13H,12H2,1-3H3,(H,22,24). The summed E-state index contributed by atoms with van der Waals surface area (Å²) in [7, 11) is 0. The second kappa shape index (κ2) is 7.82. The lowest BCUT2D eigenvalue weighted by Gasteiger charge is -2.09. The second-order valence-electron chi connectivity index (χ2n) is 6.23. The highest BCUT2D eigenvalue weighted by Crippen LogP contribution is 2.26. The van der Waals surface area contributed by atoms with E-state index in [4.69, 9.17) is 9.26 Å². The number of ether oxygens (including phenoxy) is 1. The molecule has 6 heteroatoms. The van der Waals surface area contributed by atoms with Gasteiger partial charge in [0, 0.05) is 23.9 Å².